The Morgan fingerprint density at radius 2 is 1.50 bits per heavy atom. The molecule has 0 rings (SSSR count). The Morgan fingerprint density at radius 1 is 1.00 bits per heavy atom. The van der Waals surface area contributed by atoms with Crippen molar-refractivity contribution in [2.45, 2.75) is 53.4 Å². The maximum atomic E-state index is 12.3. The van der Waals surface area contributed by atoms with Crippen LogP contribution in [0.4, 0.5) is 0 Å². The second-order valence-electron chi connectivity index (χ2n) is 4.47. The van der Waals surface area contributed by atoms with Crippen LogP contribution >= 0.6 is 0 Å². The fourth-order valence-corrected chi connectivity index (χ4v) is 2.07. The summed E-state index contributed by atoms with van der Waals surface area (Å²) < 4.78 is 4.81. The topological polar surface area (TPSA) is 60.4 Å². The number of Topliss-reactive ketones (excluding diaryl/α,β-unsaturated/α-hetero) is 2. The predicted octanol–water partition coefficient (Wildman–Crippen LogP) is 2.54. The SMILES string of the molecule is CCCC(CCC)C(=O)[C@H](C(C)=O)C(=O)OCC. The third kappa shape index (κ3) is 4.98. The fourth-order valence-electron chi connectivity index (χ4n) is 2.07. The van der Waals surface area contributed by atoms with Gasteiger partial charge in [0.2, 0.25) is 0 Å². The number of ether oxygens (including phenoxy) is 1. The van der Waals surface area contributed by atoms with Gasteiger partial charge >= 0.3 is 5.97 Å². The maximum absolute atomic E-state index is 12.3. The second kappa shape index (κ2) is 8.84. The first-order chi connectivity index (χ1) is 8.49. The standard InChI is InChI=1S/C14H24O4/c1-5-8-11(9-6-2)13(16)12(10(4)15)14(17)18-7-3/h11-12H,5-9H2,1-4H3/t12-/m0/s1. The van der Waals surface area contributed by atoms with E-state index in [1.54, 1.807) is 6.92 Å². The lowest BCUT2D eigenvalue weighted by Crippen LogP contribution is -2.36. The van der Waals surface area contributed by atoms with Gasteiger partial charge in [-0.2, -0.15) is 0 Å². The van der Waals surface area contributed by atoms with E-state index in [1.165, 1.54) is 6.92 Å². The van der Waals surface area contributed by atoms with Gasteiger partial charge in [0.15, 0.2) is 17.5 Å². The predicted molar refractivity (Wildman–Crippen MR) is 69.1 cm³/mol. The zero-order valence-corrected chi connectivity index (χ0v) is 11.8. The van der Waals surface area contributed by atoms with E-state index in [-0.39, 0.29) is 18.3 Å². The van der Waals surface area contributed by atoms with Gasteiger partial charge in [-0.1, -0.05) is 26.7 Å². The van der Waals surface area contributed by atoms with Crippen molar-refractivity contribution in [1.29, 1.82) is 0 Å². The summed E-state index contributed by atoms with van der Waals surface area (Å²) in [5.74, 6) is -2.83. The molecule has 18 heavy (non-hydrogen) atoms. The molecule has 0 amide bonds. The van der Waals surface area contributed by atoms with E-state index in [0.29, 0.717) is 0 Å². The van der Waals surface area contributed by atoms with Gasteiger partial charge < -0.3 is 4.74 Å². The van der Waals surface area contributed by atoms with Crippen LogP contribution in [0.5, 0.6) is 0 Å². The molecule has 0 aliphatic heterocycles. The van der Waals surface area contributed by atoms with Crippen LogP contribution < -0.4 is 0 Å². The molecule has 0 aromatic rings. The van der Waals surface area contributed by atoms with Gasteiger partial charge in [-0.05, 0) is 26.7 Å². The van der Waals surface area contributed by atoms with Gasteiger partial charge in [0, 0.05) is 5.92 Å². The zero-order chi connectivity index (χ0) is 14.1. The lowest BCUT2D eigenvalue weighted by atomic mass is 9.85. The van der Waals surface area contributed by atoms with Gasteiger partial charge in [-0.15, -0.1) is 0 Å². The van der Waals surface area contributed by atoms with Gasteiger partial charge in [0.1, 0.15) is 0 Å². The van der Waals surface area contributed by atoms with Crippen molar-refractivity contribution in [3.63, 3.8) is 0 Å². The molecular formula is C14H24O4. The summed E-state index contributed by atoms with van der Waals surface area (Å²) in [7, 11) is 0. The molecule has 1 atom stereocenters. The normalized spacial score (nSPS) is 12.3. The summed E-state index contributed by atoms with van der Waals surface area (Å²) in [5.41, 5.74) is 0. The Kier molecular flexibility index (Phi) is 8.25. The van der Waals surface area contributed by atoms with E-state index >= 15 is 0 Å². The smallest absolute Gasteiger partial charge is 0.324 e. The Hall–Kier alpha value is -1.19. The minimum Gasteiger partial charge on any atom is -0.465 e. The number of ketones is 2. The van der Waals surface area contributed by atoms with Crippen molar-refractivity contribution in [1.82, 2.24) is 0 Å². The number of hydrogen-bond donors (Lipinski definition) is 0. The summed E-state index contributed by atoms with van der Waals surface area (Å²) in [6.07, 6.45) is 3.17. The van der Waals surface area contributed by atoms with Crippen LogP contribution in [-0.4, -0.2) is 24.1 Å². The highest BCUT2D eigenvalue weighted by Gasteiger charge is 2.36. The number of hydrogen-bond acceptors (Lipinski definition) is 4. The first-order valence-corrected chi connectivity index (χ1v) is 6.70. The molecule has 0 aliphatic rings. The van der Waals surface area contributed by atoms with Crippen LogP contribution in [0.3, 0.4) is 0 Å². The number of rotatable bonds is 9. The summed E-state index contributed by atoms with van der Waals surface area (Å²) in [6, 6.07) is 0. The molecule has 0 saturated heterocycles. The molecule has 0 heterocycles. The Bertz CT molecular complexity index is 290. The van der Waals surface area contributed by atoms with Gasteiger partial charge in [0.05, 0.1) is 6.61 Å². The first kappa shape index (κ1) is 16.8. The van der Waals surface area contributed by atoms with Crippen molar-refractivity contribution in [3.8, 4) is 0 Å². The summed E-state index contributed by atoms with van der Waals surface area (Å²) >= 11 is 0. The third-order valence-corrected chi connectivity index (χ3v) is 2.89. The highest BCUT2D eigenvalue weighted by atomic mass is 16.5. The first-order valence-electron chi connectivity index (χ1n) is 6.70. The van der Waals surface area contributed by atoms with Crippen molar-refractivity contribution < 1.29 is 19.1 Å². The Labute approximate surface area is 109 Å². The van der Waals surface area contributed by atoms with Gasteiger partial charge in [0.25, 0.3) is 0 Å². The van der Waals surface area contributed by atoms with Crippen molar-refractivity contribution >= 4 is 17.5 Å². The number of carbonyl (C=O) groups excluding carboxylic acids is 3. The van der Waals surface area contributed by atoms with Crippen LogP contribution in [-0.2, 0) is 19.1 Å². The molecule has 4 heteroatoms. The molecule has 0 unspecified atom stereocenters. The lowest BCUT2D eigenvalue weighted by molar-refractivity contribution is -0.155. The summed E-state index contributed by atoms with van der Waals surface area (Å²) in [4.78, 5) is 35.4. The average Bonchev–Trinajstić information content (AvgIpc) is 2.28. The van der Waals surface area contributed by atoms with Crippen LogP contribution in [0.15, 0.2) is 0 Å². The lowest BCUT2D eigenvalue weighted by Gasteiger charge is -2.19. The average molecular weight is 256 g/mol. The highest BCUT2D eigenvalue weighted by Crippen LogP contribution is 2.20. The molecule has 0 aliphatic carbocycles. The minimum absolute atomic E-state index is 0.183. The molecule has 0 saturated carbocycles. The Morgan fingerprint density at radius 3 is 1.83 bits per heavy atom. The fraction of sp³-hybridized carbons (Fsp3) is 0.786. The largest absolute Gasteiger partial charge is 0.465 e. The van der Waals surface area contributed by atoms with Crippen LogP contribution in [0, 0.1) is 11.8 Å². The molecule has 4 nitrogen and oxygen atoms in total. The van der Waals surface area contributed by atoms with Crippen LogP contribution in [0.25, 0.3) is 0 Å². The van der Waals surface area contributed by atoms with Crippen LogP contribution in [0.1, 0.15) is 53.4 Å². The molecule has 0 fully saturated rings. The molecule has 0 radical (unpaired) electrons. The third-order valence-electron chi connectivity index (χ3n) is 2.89. The molecule has 0 N–H and O–H groups in total. The van der Waals surface area contributed by atoms with Crippen molar-refractivity contribution in [2.24, 2.45) is 11.8 Å². The van der Waals surface area contributed by atoms with Gasteiger partial charge in [-0.3, -0.25) is 14.4 Å². The van der Waals surface area contributed by atoms with Crippen molar-refractivity contribution in [3.05, 3.63) is 0 Å². The number of esters is 1. The highest BCUT2D eigenvalue weighted by molar-refractivity contribution is 6.17. The van der Waals surface area contributed by atoms with E-state index in [4.69, 9.17) is 4.74 Å². The molecular weight excluding hydrogens is 232 g/mol. The quantitative estimate of drug-likeness (QED) is 0.470. The van der Waals surface area contributed by atoms with Crippen molar-refractivity contribution in [2.75, 3.05) is 6.61 Å². The minimum atomic E-state index is -1.23. The Balaban J connectivity index is 4.92. The zero-order valence-electron chi connectivity index (χ0n) is 11.8. The molecule has 104 valence electrons. The van der Waals surface area contributed by atoms with E-state index in [1.807, 2.05) is 13.8 Å². The monoisotopic (exact) mass is 256 g/mol. The van der Waals surface area contributed by atoms with E-state index in [2.05, 4.69) is 0 Å². The molecule has 0 bridgehead atoms. The summed E-state index contributed by atoms with van der Waals surface area (Å²) in [5, 5.41) is 0. The van der Waals surface area contributed by atoms with Gasteiger partial charge in [-0.25, -0.2) is 0 Å². The number of carbonyl (C=O) groups is 3. The van der Waals surface area contributed by atoms with E-state index < -0.39 is 17.7 Å². The molecule has 0 spiro atoms. The summed E-state index contributed by atoms with van der Waals surface area (Å²) in [6.45, 7) is 7.10. The van der Waals surface area contributed by atoms with E-state index in [0.717, 1.165) is 25.7 Å². The van der Waals surface area contributed by atoms with E-state index in [9.17, 15) is 14.4 Å². The second-order valence-corrected chi connectivity index (χ2v) is 4.47. The molecule has 0 aromatic heterocycles. The van der Waals surface area contributed by atoms with Crippen LogP contribution in [0.2, 0.25) is 0 Å². The maximum Gasteiger partial charge on any atom is 0.324 e. The molecule has 0 aromatic carbocycles.